The molecule has 6 nitrogen and oxygen atoms in total. The fourth-order valence-electron chi connectivity index (χ4n) is 3.28. The predicted molar refractivity (Wildman–Crippen MR) is 119 cm³/mol. The van der Waals surface area contributed by atoms with Crippen molar-refractivity contribution in [3.63, 3.8) is 0 Å². The van der Waals surface area contributed by atoms with Crippen LogP contribution in [0.15, 0.2) is 72.0 Å². The summed E-state index contributed by atoms with van der Waals surface area (Å²) in [6, 6.07) is 18.6. The van der Waals surface area contributed by atoms with E-state index in [1.807, 2.05) is 36.7 Å². The second kappa shape index (κ2) is 9.96. The minimum absolute atomic E-state index is 0.597. The molecule has 4 rings (SSSR count). The van der Waals surface area contributed by atoms with Crippen LogP contribution in [-0.2, 0) is 19.6 Å². The smallest absolute Gasteiger partial charge is 0.191 e. The van der Waals surface area contributed by atoms with Crippen LogP contribution < -0.4 is 15.4 Å². The van der Waals surface area contributed by atoms with Crippen LogP contribution in [-0.4, -0.2) is 29.2 Å². The Bertz CT molecular complexity index is 962. The van der Waals surface area contributed by atoms with Crippen LogP contribution in [0.25, 0.3) is 0 Å². The lowest BCUT2D eigenvalue weighted by atomic mass is 10.2. The molecule has 30 heavy (non-hydrogen) atoms. The van der Waals surface area contributed by atoms with Crippen LogP contribution in [0.3, 0.4) is 0 Å². The predicted octanol–water partition coefficient (Wildman–Crippen LogP) is 3.59. The Morgan fingerprint density at radius 3 is 2.63 bits per heavy atom. The standard InChI is InChI=1S/C24H29N5O/c1-25-24(27-15-21-9-5-6-10-22(21)30-18-20-11-12-20)28-16-23-26-13-14-29(23)17-19-7-3-2-4-8-19/h2-10,13-14,20H,11-12,15-18H2,1H3,(H2,25,27,28). The highest BCUT2D eigenvalue weighted by Crippen LogP contribution is 2.30. The average Bonchev–Trinajstić information content (AvgIpc) is 3.52. The summed E-state index contributed by atoms with van der Waals surface area (Å²) >= 11 is 0. The highest BCUT2D eigenvalue weighted by Gasteiger charge is 2.22. The van der Waals surface area contributed by atoms with E-state index in [1.165, 1.54) is 18.4 Å². The molecule has 2 aromatic carbocycles. The number of rotatable bonds is 9. The van der Waals surface area contributed by atoms with Gasteiger partial charge in [-0.3, -0.25) is 4.99 Å². The van der Waals surface area contributed by atoms with Crippen LogP contribution >= 0.6 is 0 Å². The van der Waals surface area contributed by atoms with Gasteiger partial charge in [0.2, 0.25) is 0 Å². The lowest BCUT2D eigenvalue weighted by molar-refractivity contribution is 0.296. The Hall–Kier alpha value is -3.28. The van der Waals surface area contributed by atoms with Crippen LogP contribution in [0.1, 0.15) is 29.8 Å². The van der Waals surface area contributed by atoms with Gasteiger partial charge in [0.25, 0.3) is 0 Å². The van der Waals surface area contributed by atoms with E-state index in [1.54, 1.807) is 7.05 Å². The molecule has 3 aromatic rings. The largest absolute Gasteiger partial charge is 0.493 e. The first-order valence-corrected chi connectivity index (χ1v) is 10.5. The Morgan fingerprint density at radius 2 is 1.83 bits per heavy atom. The summed E-state index contributed by atoms with van der Waals surface area (Å²) in [6.07, 6.45) is 6.42. The molecule has 0 spiro atoms. The molecule has 0 radical (unpaired) electrons. The molecule has 1 saturated carbocycles. The maximum atomic E-state index is 6.00. The van der Waals surface area contributed by atoms with Gasteiger partial charge in [0.15, 0.2) is 5.96 Å². The van der Waals surface area contributed by atoms with Gasteiger partial charge in [-0.05, 0) is 30.4 Å². The zero-order valence-electron chi connectivity index (χ0n) is 17.4. The van der Waals surface area contributed by atoms with Crippen LogP contribution in [0.5, 0.6) is 5.75 Å². The summed E-state index contributed by atoms with van der Waals surface area (Å²) in [5.41, 5.74) is 2.38. The molecule has 0 saturated heterocycles. The van der Waals surface area contributed by atoms with E-state index in [2.05, 4.69) is 55.5 Å². The van der Waals surface area contributed by atoms with Gasteiger partial charge >= 0.3 is 0 Å². The number of aromatic nitrogens is 2. The summed E-state index contributed by atoms with van der Waals surface area (Å²) in [6.45, 7) is 2.86. The minimum atomic E-state index is 0.597. The zero-order chi connectivity index (χ0) is 20.6. The minimum Gasteiger partial charge on any atom is -0.493 e. The molecule has 0 atom stereocenters. The van der Waals surface area contributed by atoms with Crippen molar-refractivity contribution in [1.82, 2.24) is 20.2 Å². The highest BCUT2D eigenvalue weighted by molar-refractivity contribution is 5.79. The number of imidazole rings is 1. The highest BCUT2D eigenvalue weighted by atomic mass is 16.5. The molecule has 2 N–H and O–H groups in total. The first kappa shape index (κ1) is 20.0. The Balaban J connectivity index is 1.30. The first-order valence-electron chi connectivity index (χ1n) is 10.5. The fraction of sp³-hybridized carbons (Fsp3) is 0.333. The number of nitrogens with one attached hydrogen (secondary N) is 2. The first-order chi connectivity index (χ1) is 14.8. The van der Waals surface area contributed by atoms with Gasteiger partial charge in [0, 0.05) is 38.1 Å². The molecule has 1 heterocycles. The third kappa shape index (κ3) is 5.63. The summed E-state index contributed by atoms with van der Waals surface area (Å²) < 4.78 is 8.15. The second-order valence-electron chi connectivity index (χ2n) is 7.60. The number of nitrogens with zero attached hydrogens (tertiary/aromatic N) is 3. The van der Waals surface area contributed by atoms with Crippen molar-refractivity contribution >= 4 is 5.96 Å². The van der Waals surface area contributed by atoms with Crippen molar-refractivity contribution in [2.75, 3.05) is 13.7 Å². The molecular weight excluding hydrogens is 374 g/mol. The number of hydrogen-bond donors (Lipinski definition) is 2. The van der Waals surface area contributed by atoms with E-state index >= 15 is 0 Å². The van der Waals surface area contributed by atoms with Crippen molar-refractivity contribution in [3.05, 3.63) is 83.9 Å². The fourth-order valence-corrected chi connectivity index (χ4v) is 3.28. The maximum absolute atomic E-state index is 6.00. The number of hydrogen-bond acceptors (Lipinski definition) is 3. The monoisotopic (exact) mass is 403 g/mol. The van der Waals surface area contributed by atoms with Crippen molar-refractivity contribution < 1.29 is 4.74 Å². The number of para-hydroxylation sites is 1. The molecule has 0 amide bonds. The van der Waals surface area contributed by atoms with Gasteiger partial charge in [-0.2, -0.15) is 0 Å². The molecule has 1 aliphatic carbocycles. The van der Waals surface area contributed by atoms with Crippen LogP contribution in [0.2, 0.25) is 0 Å². The Kier molecular flexibility index (Phi) is 6.65. The normalized spacial score (nSPS) is 13.8. The number of aliphatic imine (C=N–C) groups is 1. The molecule has 6 heteroatoms. The molecular formula is C24H29N5O. The van der Waals surface area contributed by atoms with Crippen molar-refractivity contribution in [2.45, 2.75) is 32.5 Å². The summed E-state index contributed by atoms with van der Waals surface area (Å²) in [7, 11) is 1.78. The molecule has 0 bridgehead atoms. The summed E-state index contributed by atoms with van der Waals surface area (Å²) in [4.78, 5) is 8.84. The van der Waals surface area contributed by atoms with Crippen molar-refractivity contribution in [1.29, 1.82) is 0 Å². The topological polar surface area (TPSA) is 63.5 Å². The van der Waals surface area contributed by atoms with Gasteiger partial charge < -0.3 is 19.9 Å². The van der Waals surface area contributed by atoms with Gasteiger partial charge in [0.05, 0.1) is 13.2 Å². The average molecular weight is 404 g/mol. The zero-order valence-corrected chi connectivity index (χ0v) is 17.4. The molecule has 1 aromatic heterocycles. The lowest BCUT2D eigenvalue weighted by Gasteiger charge is -2.15. The Morgan fingerprint density at radius 1 is 1.07 bits per heavy atom. The van der Waals surface area contributed by atoms with Crippen molar-refractivity contribution in [2.24, 2.45) is 10.9 Å². The molecule has 156 valence electrons. The van der Waals surface area contributed by atoms with E-state index in [0.717, 1.165) is 42.2 Å². The van der Waals surface area contributed by atoms with E-state index in [-0.39, 0.29) is 0 Å². The quantitative estimate of drug-likeness (QED) is 0.423. The van der Waals surface area contributed by atoms with E-state index < -0.39 is 0 Å². The van der Waals surface area contributed by atoms with Gasteiger partial charge in [-0.1, -0.05) is 48.5 Å². The van der Waals surface area contributed by atoms with Crippen LogP contribution in [0.4, 0.5) is 0 Å². The van der Waals surface area contributed by atoms with Gasteiger partial charge in [0.1, 0.15) is 11.6 Å². The van der Waals surface area contributed by atoms with Crippen molar-refractivity contribution in [3.8, 4) is 5.75 Å². The van der Waals surface area contributed by atoms with E-state index in [9.17, 15) is 0 Å². The maximum Gasteiger partial charge on any atom is 0.191 e. The number of benzene rings is 2. The third-order valence-corrected chi connectivity index (χ3v) is 5.23. The molecule has 0 aliphatic heterocycles. The molecule has 1 fully saturated rings. The summed E-state index contributed by atoms with van der Waals surface area (Å²) in [5.74, 6) is 3.39. The SMILES string of the molecule is CN=C(NCc1ccccc1OCC1CC1)NCc1nccn1Cc1ccccc1. The van der Waals surface area contributed by atoms with E-state index in [0.29, 0.717) is 13.1 Å². The number of ether oxygens (including phenoxy) is 1. The van der Waals surface area contributed by atoms with Gasteiger partial charge in [-0.15, -0.1) is 0 Å². The summed E-state index contributed by atoms with van der Waals surface area (Å²) in [5, 5.41) is 6.75. The Labute approximate surface area is 178 Å². The lowest BCUT2D eigenvalue weighted by Crippen LogP contribution is -2.37. The molecule has 0 unspecified atom stereocenters. The molecule has 1 aliphatic rings. The van der Waals surface area contributed by atoms with Gasteiger partial charge in [-0.25, -0.2) is 4.98 Å². The van der Waals surface area contributed by atoms with Crippen LogP contribution in [0, 0.1) is 5.92 Å². The van der Waals surface area contributed by atoms with E-state index in [4.69, 9.17) is 4.74 Å². The second-order valence-corrected chi connectivity index (χ2v) is 7.60. The number of guanidine groups is 1. The third-order valence-electron chi connectivity index (χ3n) is 5.23.